The van der Waals surface area contributed by atoms with Gasteiger partial charge in [0.25, 0.3) is 0 Å². The maximum Gasteiger partial charge on any atom is 0.408 e. The van der Waals surface area contributed by atoms with Gasteiger partial charge < -0.3 is 19.9 Å². The number of nitrogens with one attached hydrogen (secondary N) is 1. The van der Waals surface area contributed by atoms with Crippen molar-refractivity contribution in [1.82, 2.24) is 5.32 Å². The molecular weight excluding hydrogens is 286 g/mol. The Bertz CT molecular complexity index is 522. The van der Waals surface area contributed by atoms with Crippen LogP contribution in [0.4, 0.5) is 4.79 Å². The number of amides is 1. The first-order chi connectivity index (χ1) is 10.2. The molecule has 1 atom stereocenters. The second-order valence-electron chi connectivity index (χ2n) is 5.80. The Hall–Kier alpha value is -2.24. The lowest BCUT2D eigenvalue weighted by molar-refractivity contribution is -0.137. The van der Waals surface area contributed by atoms with E-state index in [0.717, 1.165) is 0 Å². The number of hydrogen-bond donors (Lipinski definition) is 2. The molecule has 0 fully saturated rings. The van der Waals surface area contributed by atoms with Crippen LogP contribution in [0.2, 0.25) is 0 Å². The first-order valence-electron chi connectivity index (χ1n) is 7.15. The fraction of sp³-hybridized carbons (Fsp3) is 0.500. The molecule has 22 heavy (non-hydrogen) atoms. The normalized spacial score (nSPS) is 12.4. The second-order valence-corrected chi connectivity index (χ2v) is 5.80. The highest BCUT2D eigenvalue weighted by molar-refractivity contribution is 5.72. The summed E-state index contributed by atoms with van der Waals surface area (Å²) in [5.41, 5.74) is 0.00425. The van der Waals surface area contributed by atoms with Crippen LogP contribution in [0.15, 0.2) is 24.3 Å². The lowest BCUT2D eigenvalue weighted by Crippen LogP contribution is -2.35. The monoisotopic (exact) mass is 309 g/mol. The molecule has 2 N–H and O–H groups in total. The van der Waals surface area contributed by atoms with E-state index in [1.165, 1.54) is 0 Å². The molecule has 0 aliphatic carbocycles. The van der Waals surface area contributed by atoms with Crippen molar-refractivity contribution in [3.63, 3.8) is 0 Å². The number of hydrogen-bond acceptors (Lipinski definition) is 4. The summed E-state index contributed by atoms with van der Waals surface area (Å²) in [6.07, 6.45) is -0.894. The van der Waals surface area contributed by atoms with Crippen molar-refractivity contribution < 1.29 is 24.2 Å². The van der Waals surface area contributed by atoms with E-state index in [0.29, 0.717) is 17.9 Å². The SMILES string of the molecule is CCOc1cccc(C(CC(=O)O)NC(=O)OC(C)(C)C)c1. The highest BCUT2D eigenvalue weighted by atomic mass is 16.6. The number of benzene rings is 1. The Balaban J connectivity index is 2.90. The molecule has 0 spiro atoms. The molecule has 1 aromatic rings. The third-order valence-corrected chi connectivity index (χ3v) is 2.64. The van der Waals surface area contributed by atoms with E-state index in [1.54, 1.807) is 45.0 Å². The standard InChI is InChI=1S/C16H23NO5/c1-5-21-12-8-6-7-11(9-12)13(10-14(18)19)17-15(20)22-16(2,3)4/h6-9,13H,5,10H2,1-4H3,(H,17,20)(H,18,19). The Kier molecular flexibility index (Phi) is 6.22. The number of ether oxygens (including phenoxy) is 2. The van der Waals surface area contributed by atoms with Gasteiger partial charge in [-0.05, 0) is 45.4 Å². The quantitative estimate of drug-likeness (QED) is 0.843. The molecule has 0 radical (unpaired) electrons. The van der Waals surface area contributed by atoms with Crippen LogP contribution in [-0.2, 0) is 9.53 Å². The van der Waals surface area contributed by atoms with Gasteiger partial charge >= 0.3 is 12.1 Å². The van der Waals surface area contributed by atoms with Gasteiger partial charge in [0.2, 0.25) is 0 Å². The summed E-state index contributed by atoms with van der Waals surface area (Å²) >= 11 is 0. The van der Waals surface area contributed by atoms with Crippen molar-refractivity contribution in [3.8, 4) is 5.75 Å². The Morgan fingerprint density at radius 3 is 2.55 bits per heavy atom. The molecule has 0 aliphatic rings. The molecule has 1 aromatic carbocycles. The smallest absolute Gasteiger partial charge is 0.408 e. The van der Waals surface area contributed by atoms with Crippen LogP contribution in [-0.4, -0.2) is 29.4 Å². The van der Waals surface area contributed by atoms with Crippen LogP contribution in [0.5, 0.6) is 5.75 Å². The van der Waals surface area contributed by atoms with Crippen molar-refractivity contribution in [1.29, 1.82) is 0 Å². The highest BCUT2D eigenvalue weighted by Crippen LogP contribution is 2.22. The van der Waals surface area contributed by atoms with Crippen molar-refractivity contribution in [2.75, 3.05) is 6.61 Å². The summed E-state index contributed by atoms with van der Waals surface area (Å²) in [5.74, 6) is -0.385. The zero-order valence-corrected chi connectivity index (χ0v) is 13.4. The zero-order chi connectivity index (χ0) is 16.8. The molecule has 6 nitrogen and oxygen atoms in total. The number of rotatable bonds is 6. The fourth-order valence-electron chi connectivity index (χ4n) is 1.86. The number of alkyl carbamates (subject to hydrolysis) is 1. The van der Waals surface area contributed by atoms with Gasteiger partial charge in [-0.2, -0.15) is 0 Å². The van der Waals surface area contributed by atoms with E-state index in [1.807, 2.05) is 6.92 Å². The third kappa shape index (κ3) is 6.47. The Morgan fingerprint density at radius 2 is 2.00 bits per heavy atom. The summed E-state index contributed by atoms with van der Waals surface area (Å²) < 4.78 is 10.6. The molecule has 1 rings (SSSR count). The molecule has 0 aliphatic heterocycles. The molecule has 0 saturated carbocycles. The summed E-state index contributed by atoms with van der Waals surface area (Å²) in [6, 6.07) is 6.31. The lowest BCUT2D eigenvalue weighted by Gasteiger charge is -2.23. The Labute approximate surface area is 130 Å². The number of aliphatic carboxylic acids is 1. The maximum absolute atomic E-state index is 11.9. The summed E-state index contributed by atoms with van der Waals surface area (Å²) in [4.78, 5) is 22.9. The first kappa shape index (κ1) is 17.8. The van der Waals surface area contributed by atoms with Crippen molar-refractivity contribution in [3.05, 3.63) is 29.8 Å². The number of carboxylic acids is 1. The van der Waals surface area contributed by atoms with Gasteiger partial charge in [-0.15, -0.1) is 0 Å². The van der Waals surface area contributed by atoms with E-state index in [4.69, 9.17) is 14.6 Å². The van der Waals surface area contributed by atoms with E-state index < -0.39 is 23.7 Å². The van der Waals surface area contributed by atoms with Crippen LogP contribution in [0.3, 0.4) is 0 Å². The molecule has 0 heterocycles. The van der Waals surface area contributed by atoms with Gasteiger partial charge in [0, 0.05) is 0 Å². The van der Waals surface area contributed by atoms with Gasteiger partial charge in [-0.25, -0.2) is 4.79 Å². The van der Waals surface area contributed by atoms with E-state index in [2.05, 4.69) is 5.32 Å². The molecule has 0 bridgehead atoms. The molecule has 122 valence electrons. The van der Waals surface area contributed by atoms with Crippen molar-refractivity contribution in [2.45, 2.75) is 45.8 Å². The van der Waals surface area contributed by atoms with E-state index in [9.17, 15) is 9.59 Å². The van der Waals surface area contributed by atoms with Gasteiger partial charge in [0.05, 0.1) is 19.1 Å². The molecule has 0 saturated heterocycles. The van der Waals surface area contributed by atoms with Crippen LogP contribution >= 0.6 is 0 Å². The number of carboxylic acid groups (broad SMARTS) is 1. The first-order valence-corrected chi connectivity index (χ1v) is 7.15. The van der Waals surface area contributed by atoms with Crippen molar-refractivity contribution >= 4 is 12.1 Å². The average Bonchev–Trinajstić information content (AvgIpc) is 2.36. The third-order valence-electron chi connectivity index (χ3n) is 2.64. The molecular formula is C16H23NO5. The second kappa shape index (κ2) is 7.68. The summed E-state index contributed by atoms with van der Waals surface area (Å²) in [6.45, 7) is 7.60. The van der Waals surface area contributed by atoms with Gasteiger partial charge in [0.1, 0.15) is 11.4 Å². The predicted octanol–water partition coefficient (Wildman–Crippen LogP) is 3.13. The summed E-state index contributed by atoms with van der Waals surface area (Å²) in [5, 5.41) is 11.6. The van der Waals surface area contributed by atoms with Gasteiger partial charge in [0.15, 0.2) is 0 Å². The molecule has 1 unspecified atom stereocenters. The number of carbonyl (C=O) groups is 2. The topological polar surface area (TPSA) is 84.9 Å². The minimum Gasteiger partial charge on any atom is -0.494 e. The van der Waals surface area contributed by atoms with Crippen LogP contribution in [0.1, 0.15) is 45.7 Å². The van der Waals surface area contributed by atoms with E-state index in [-0.39, 0.29) is 6.42 Å². The van der Waals surface area contributed by atoms with Crippen LogP contribution in [0, 0.1) is 0 Å². The molecule has 1 amide bonds. The lowest BCUT2D eigenvalue weighted by atomic mass is 10.0. The minimum absolute atomic E-state index is 0.241. The van der Waals surface area contributed by atoms with E-state index >= 15 is 0 Å². The fourth-order valence-corrected chi connectivity index (χ4v) is 1.86. The molecule has 0 aromatic heterocycles. The highest BCUT2D eigenvalue weighted by Gasteiger charge is 2.22. The average molecular weight is 309 g/mol. The minimum atomic E-state index is -1.01. The number of carbonyl (C=O) groups excluding carboxylic acids is 1. The zero-order valence-electron chi connectivity index (χ0n) is 13.4. The van der Waals surface area contributed by atoms with Crippen molar-refractivity contribution in [2.24, 2.45) is 0 Å². The predicted molar refractivity (Wildman–Crippen MR) is 82.0 cm³/mol. The summed E-state index contributed by atoms with van der Waals surface area (Å²) in [7, 11) is 0. The van der Waals surface area contributed by atoms with Crippen LogP contribution in [0.25, 0.3) is 0 Å². The molecule has 6 heteroatoms. The Morgan fingerprint density at radius 1 is 1.32 bits per heavy atom. The maximum atomic E-state index is 11.9. The van der Waals surface area contributed by atoms with Gasteiger partial charge in [-0.1, -0.05) is 12.1 Å². The largest absolute Gasteiger partial charge is 0.494 e. The van der Waals surface area contributed by atoms with Crippen LogP contribution < -0.4 is 10.1 Å². The van der Waals surface area contributed by atoms with Gasteiger partial charge in [-0.3, -0.25) is 4.79 Å².